The molecule has 5 rings (SSSR count). The van der Waals surface area contributed by atoms with Crippen molar-refractivity contribution >= 4 is 50.0 Å². The van der Waals surface area contributed by atoms with Crippen LogP contribution in [0.4, 0.5) is 0 Å². The van der Waals surface area contributed by atoms with Crippen LogP contribution in [-0.4, -0.2) is 25.9 Å². The van der Waals surface area contributed by atoms with Crippen molar-refractivity contribution in [2.45, 2.75) is 11.3 Å². The maximum absolute atomic E-state index is 12.7. The molecule has 1 amide bonds. The van der Waals surface area contributed by atoms with E-state index in [4.69, 9.17) is 32.7 Å². The molecule has 2 N–H and O–H groups in total. The highest BCUT2D eigenvalue weighted by molar-refractivity contribution is 7.90. The van der Waals surface area contributed by atoms with Crippen LogP contribution in [0.2, 0.25) is 10.0 Å². The van der Waals surface area contributed by atoms with Gasteiger partial charge in [0.25, 0.3) is 15.9 Å². The van der Waals surface area contributed by atoms with Gasteiger partial charge < -0.3 is 14.5 Å². The van der Waals surface area contributed by atoms with Gasteiger partial charge >= 0.3 is 0 Å². The third-order valence-electron chi connectivity index (χ3n) is 5.17. The quantitative estimate of drug-likeness (QED) is 0.384. The number of hydrogen-bond acceptors (Lipinski definition) is 5. The Hall–Kier alpha value is -3.20. The first-order chi connectivity index (χ1) is 15.8. The van der Waals surface area contributed by atoms with Gasteiger partial charge in [0, 0.05) is 29.5 Å². The number of halogens is 2. The molecule has 1 aliphatic rings. The molecule has 0 unspecified atom stereocenters. The van der Waals surface area contributed by atoms with E-state index in [0.717, 1.165) is 12.0 Å². The first-order valence-corrected chi connectivity index (χ1v) is 12.1. The molecule has 1 aliphatic heterocycles. The van der Waals surface area contributed by atoms with Crippen molar-refractivity contribution in [2.75, 3.05) is 6.61 Å². The van der Waals surface area contributed by atoms with Crippen molar-refractivity contribution < 1.29 is 22.7 Å². The number of benzene rings is 3. The highest BCUT2D eigenvalue weighted by Gasteiger charge is 2.23. The Labute approximate surface area is 199 Å². The third-order valence-corrected chi connectivity index (χ3v) is 7.24. The number of amides is 1. The number of rotatable bonds is 5. The van der Waals surface area contributed by atoms with Crippen LogP contribution in [-0.2, 0) is 16.4 Å². The number of aromatic amines is 1. The number of nitrogens with one attached hydrogen (secondary N) is 2. The van der Waals surface area contributed by atoms with Crippen molar-refractivity contribution in [1.29, 1.82) is 0 Å². The maximum atomic E-state index is 12.7. The number of hydrogen-bond donors (Lipinski definition) is 2. The lowest BCUT2D eigenvalue weighted by Gasteiger charge is -2.07. The Morgan fingerprint density at radius 1 is 0.970 bits per heavy atom. The van der Waals surface area contributed by atoms with Crippen LogP contribution in [0.25, 0.3) is 10.9 Å². The predicted molar refractivity (Wildman–Crippen MR) is 125 cm³/mol. The predicted octanol–water partition coefficient (Wildman–Crippen LogP) is 5.32. The molecule has 0 fully saturated rings. The van der Waals surface area contributed by atoms with Gasteiger partial charge in [0.15, 0.2) is 0 Å². The molecule has 0 saturated heterocycles. The smallest absolute Gasteiger partial charge is 0.281 e. The van der Waals surface area contributed by atoms with Gasteiger partial charge in [-0.15, -0.1) is 0 Å². The first kappa shape index (κ1) is 21.6. The number of ether oxygens (including phenoxy) is 2. The highest BCUT2D eigenvalue weighted by atomic mass is 35.5. The van der Waals surface area contributed by atoms with E-state index in [1.54, 1.807) is 48.5 Å². The summed E-state index contributed by atoms with van der Waals surface area (Å²) >= 11 is 11.9. The lowest BCUT2D eigenvalue weighted by atomic mass is 10.2. The Kier molecular flexibility index (Phi) is 5.44. The van der Waals surface area contributed by atoms with Gasteiger partial charge in [-0.05, 0) is 48.0 Å². The Balaban J connectivity index is 1.36. The molecular weight excluding hydrogens is 487 g/mol. The maximum Gasteiger partial charge on any atom is 0.281 e. The van der Waals surface area contributed by atoms with E-state index in [0.29, 0.717) is 44.8 Å². The van der Waals surface area contributed by atoms with E-state index in [2.05, 4.69) is 9.71 Å². The van der Waals surface area contributed by atoms with Gasteiger partial charge in [0.2, 0.25) is 0 Å². The summed E-state index contributed by atoms with van der Waals surface area (Å²) in [5.74, 6) is 0.754. The lowest BCUT2D eigenvalue weighted by molar-refractivity contribution is 0.0977. The summed E-state index contributed by atoms with van der Waals surface area (Å²) in [4.78, 5) is 15.6. The minimum absolute atomic E-state index is 0.0371. The normalized spacial score (nSPS) is 12.9. The molecule has 7 nitrogen and oxygen atoms in total. The molecule has 0 radical (unpaired) electrons. The summed E-state index contributed by atoms with van der Waals surface area (Å²) in [6.07, 6.45) is 0.730. The number of aromatic nitrogens is 1. The molecule has 10 heteroatoms. The fourth-order valence-corrected chi connectivity index (χ4v) is 4.79. The second kappa shape index (κ2) is 8.30. The fourth-order valence-electron chi connectivity index (χ4n) is 3.52. The van der Waals surface area contributed by atoms with E-state index in [9.17, 15) is 13.2 Å². The zero-order valence-electron chi connectivity index (χ0n) is 16.9. The van der Waals surface area contributed by atoms with Gasteiger partial charge in [-0.1, -0.05) is 29.3 Å². The Bertz CT molecular complexity index is 1510. The van der Waals surface area contributed by atoms with Gasteiger partial charge in [-0.25, -0.2) is 13.1 Å². The molecule has 168 valence electrons. The Morgan fingerprint density at radius 2 is 1.76 bits per heavy atom. The van der Waals surface area contributed by atoms with Crippen LogP contribution < -0.4 is 14.2 Å². The summed E-state index contributed by atoms with van der Waals surface area (Å²) in [6.45, 7) is 0.511. The third kappa shape index (κ3) is 4.37. The number of carbonyl (C=O) groups excluding carboxylic acids is 1. The largest absolute Gasteiger partial charge is 0.493 e. The zero-order valence-corrected chi connectivity index (χ0v) is 19.2. The van der Waals surface area contributed by atoms with Gasteiger partial charge in [-0.3, -0.25) is 4.79 Å². The zero-order chi connectivity index (χ0) is 23.2. The molecule has 0 bridgehead atoms. The SMILES string of the molecule is O=C(NS(=O)(=O)c1ccc2c(c1)OCC2)c1cc2cc(Oc3ccc(Cl)c(Cl)c3)ccc2[nH]1. The number of H-pyrrole nitrogens is 1. The summed E-state index contributed by atoms with van der Waals surface area (Å²) in [5.41, 5.74) is 1.68. The second-order valence-corrected chi connectivity index (χ2v) is 9.91. The molecular formula is C23H16Cl2N2O5S. The lowest BCUT2D eigenvalue weighted by Crippen LogP contribution is -2.30. The highest BCUT2D eigenvalue weighted by Crippen LogP contribution is 2.31. The van der Waals surface area contributed by atoms with Crippen molar-refractivity contribution in [3.8, 4) is 17.2 Å². The van der Waals surface area contributed by atoms with E-state index in [1.165, 1.54) is 12.1 Å². The molecule has 0 atom stereocenters. The van der Waals surface area contributed by atoms with Crippen LogP contribution in [0.5, 0.6) is 17.2 Å². The summed E-state index contributed by atoms with van der Waals surface area (Å²) in [6, 6.07) is 16.2. The summed E-state index contributed by atoms with van der Waals surface area (Å²) < 4.78 is 38.7. The van der Waals surface area contributed by atoms with Crippen molar-refractivity contribution in [3.05, 3.63) is 82.0 Å². The van der Waals surface area contributed by atoms with E-state index >= 15 is 0 Å². The molecule has 2 heterocycles. The topological polar surface area (TPSA) is 97.5 Å². The van der Waals surface area contributed by atoms with Gasteiger partial charge in [0.05, 0.1) is 21.5 Å². The van der Waals surface area contributed by atoms with Crippen molar-refractivity contribution in [3.63, 3.8) is 0 Å². The number of fused-ring (bicyclic) bond motifs is 2. The first-order valence-electron chi connectivity index (χ1n) is 9.87. The standard InChI is InChI=1S/C23H16Cl2N2O5S/c24-18-5-2-16(11-19(18)25)32-15-3-6-20-14(9-15)10-21(26-20)23(28)27-33(29,30)17-4-1-13-7-8-31-22(13)12-17/h1-6,9-12,26H,7-8H2,(H,27,28). The van der Waals surface area contributed by atoms with Crippen molar-refractivity contribution in [2.24, 2.45) is 0 Å². The molecule has 0 aliphatic carbocycles. The van der Waals surface area contributed by atoms with Crippen molar-refractivity contribution in [1.82, 2.24) is 9.71 Å². The van der Waals surface area contributed by atoms with E-state index < -0.39 is 15.9 Å². The molecule has 4 aromatic rings. The average molecular weight is 503 g/mol. The van der Waals surface area contributed by atoms with Crippen LogP contribution in [0.15, 0.2) is 65.6 Å². The van der Waals surface area contributed by atoms with Gasteiger partial charge in [0.1, 0.15) is 22.9 Å². The Morgan fingerprint density at radius 3 is 2.58 bits per heavy atom. The molecule has 0 saturated carbocycles. The van der Waals surface area contributed by atoms with Crippen LogP contribution in [0.1, 0.15) is 16.1 Å². The number of sulfonamides is 1. The van der Waals surface area contributed by atoms with E-state index in [-0.39, 0.29) is 10.6 Å². The minimum atomic E-state index is -4.07. The van der Waals surface area contributed by atoms with Crippen LogP contribution >= 0.6 is 23.2 Å². The molecule has 33 heavy (non-hydrogen) atoms. The summed E-state index contributed by atoms with van der Waals surface area (Å²) in [5, 5.41) is 1.45. The molecule has 0 spiro atoms. The van der Waals surface area contributed by atoms with Crippen LogP contribution in [0, 0.1) is 0 Å². The summed E-state index contributed by atoms with van der Waals surface area (Å²) in [7, 11) is -4.07. The molecule has 3 aromatic carbocycles. The fraction of sp³-hybridized carbons (Fsp3) is 0.0870. The minimum Gasteiger partial charge on any atom is -0.493 e. The average Bonchev–Trinajstić information content (AvgIpc) is 3.42. The van der Waals surface area contributed by atoms with E-state index in [1.807, 2.05) is 0 Å². The molecule has 1 aromatic heterocycles. The number of carbonyl (C=O) groups is 1. The monoisotopic (exact) mass is 502 g/mol. The van der Waals surface area contributed by atoms with Gasteiger partial charge in [-0.2, -0.15) is 0 Å². The second-order valence-electron chi connectivity index (χ2n) is 7.41. The van der Waals surface area contributed by atoms with Crippen LogP contribution in [0.3, 0.4) is 0 Å².